The molecule has 14 heteroatoms. The Hall–Kier alpha value is -4.14. The van der Waals surface area contributed by atoms with Crippen molar-refractivity contribution in [3.63, 3.8) is 0 Å². The SMILES string of the molecule is C/C=C(N)\C(F)=C/N.CCOCCN(Cc1cc(Nc2nc(C)cn3c(-c4cnn(CC=O)c4)cnc23)sn1)C(C)C. The highest BCUT2D eigenvalue weighted by Crippen LogP contribution is 2.28. The largest absolute Gasteiger partial charge is 0.402 e. The van der Waals surface area contributed by atoms with Gasteiger partial charge in [-0.05, 0) is 52.2 Å². The van der Waals surface area contributed by atoms with Crippen molar-refractivity contribution in [3.05, 3.63) is 66.0 Å². The molecule has 12 nitrogen and oxygen atoms in total. The molecule has 0 unspecified atom stereocenters. The summed E-state index contributed by atoms with van der Waals surface area (Å²) in [6.07, 6.45) is 10.4. The highest BCUT2D eigenvalue weighted by atomic mass is 32.1. The summed E-state index contributed by atoms with van der Waals surface area (Å²) in [5, 5.41) is 8.55. The minimum Gasteiger partial charge on any atom is -0.402 e. The van der Waals surface area contributed by atoms with Gasteiger partial charge < -0.3 is 26.3 Å². The van der Waals surface area contributed by atoms with E-state index in [0.29, 0.717) is 24.1 Å². The van der Waals surface area contributed by atoms with Gasteiger partial charge in [0.05, 0.1) is 48.3 Å². The van der Waals surface area contributed by atoms with Gasteiger partial charge in [0, 0.05) is 49.9 Å². The monoisotopic (exact) mass is 598 g/mol. The Morgan fingerprint density at radius 3 is 2.74 bits per heavy atom. The maximum Gasteiger partial charge on any atom is 0.180 e. The summed E-state index contributed by atoms with van der Waals surface area (Å²) in [7, 11) is 0. The number of nitrogens with one attached hydrogen (secondary N) is 1. The van der Waals surface area contributed by atoms with E-state index in [1.807, 2.05) is 30.6 Å². The highest BCUT2D eigenvalue weighted by Gasteiger charge is 2.16. The molecule has 0 bridgehead atoms. The van der Waals surface area contributed by atoms with E-state index >= 15 is 0 Å². The van der Waals surface area contributed by atoms with Crippen LogP contribution in [0.15, 0.2) is 54.7 Å². The molecular weight excluding hydrogens is 559 g/mol. The number of aldehydes is 1. The number of hydrogen-bond acceptors (Lipinski definition) is 11. The lowest BCUT2D eigenvalue weighted by Crippen LogP contribution is -2.33. The number of aromatic nitrogens is 6. The third kappa shape index (κ3) is 8.68. The summed E-state index contributed by atoms with van der Waals surface area (Å²) < 4.78 is 25.8. The Bertz CT molecular complexity index is 1490. The summed E-state index contributed by atoms with van der Waals surface area (Å²) in [6, 6.07) is 2.46. The number of carbonyl (C=O) groups is 1. The van der Waals surface area contributed by atoms with Crippen LogP contribution in [-0.4, -0.2) is 65.5 Å². The summed E-state index contributed by atoms with van der Waals surface area (Å²) in [5.41, 5.74) is 14.3. The number of fused-ring (bicyclic) bond motifs is 1. The third-order valence-corrected chi connectivity index (χ3v) is 6.90. The van der Waals surface area contributed by atoms with Gasteiger partial charge in [-0.25, -0.2) is 14.4 Å². The van der Waals surface area contributed by atoms with Crippen LogP contribution in [0.1, 0.15) is 39.1 Å². The lowest BCUT2D eigenvalue weighted by Gasteiger charge is -2.25. The minimum absolute atomic E-state index is 0.0764. The molecule has 5 N–H and O–H groups in total. The van der Waals surface area contributed by atoms with E-state index in [1.54, 1.807) is 24.0 Å². The number of halogens is 1. The fourth-order valence-corrected chi connectivity index (χ4v) is 4.59. The maximum absolute atomic E-state index is 12.1. The van der Waals surface area contributed by atoms with Crippen molar-refractivity contribution in [2.45, 2.75) is 53.8 Å². The molecule has 4 heterocycles. The van der Waals surface area contributed by atoms with Crippen molar-refractivity contribution in [2.75, 3.05) is 25.1 Å². The predicted octanol–water partition coefficient (Wildman–Crippen LogP) is 4.17. The van der Waals surface area contributed by atoms with E-state index in [2.05, 4.69) is 49.6 Å². The molecule has 0 aliphatic rings. The Labute approximate surface area is 249 Å². The number of nitrogens with two attached hydrogens (primary N) is 2. The van der Waals surface area contributed by atoms with Crippen molar-refractivity contribution in [1.82, 2.24) is 33.4 Å². The van der Waals surface area contributed by atoms with E-state index < -0.39 is 5.83 Å². The van der Waals surface area contributed by atoms with E-state index in [-0.39, 0.29) is 12.2 Å². The van der Waals surface area contributed by atoms with E-state index in [4.69, 9.17) is 16.2 Å². The van der Waals surface area contributed by atoms with Crippen molar-refractivity contribution in [1.29, 1.82) is 0 Å². The normalized spacial score (nSPS) is 12.2. The number of rotatable bonds is 13. The second-order valence-corrected chi connectivity index (χ2v) is 10.3. The standard InChI is InChI=1S/C23H30N8O2S.C5H9FN2/c1-5-33-9-7-29(16(2)3)15-19-10-21(34-28-19)27-22-23-24-12-20(31(23)13-17(4)26-22)18-11-25-30(14-18)6-8-32;1-2-5(8)4(6)3-7/h8,10-14,16H,5-7,9,15H2,1-4H3,(H,26,27);2-3H,7-8H2,1H3/b;4-3+,5-2+. The zero-order valence-corrected chi connectivity index (χ0v) is 25.4. The molecule has 0 aliphatic heterocycles. The van der Waals surface area contributed by atoms with Crippen molar-refractivity contribution in [2.24, 2.45) is 11.5 Å². The first kappa shape index (κ1) is 32.4. The fourth-order valence-electron chi connectivity index (χ4n) is 3.93. The molecule has 4 rings (SSSR count). The predicted molar refractivity (Wildman–Crippen MR) is 164 cm³/mol. The van der Waals surface area contributed by atoms with E-state index in [1.165, 1.54) is 17.6 Å². The van der Waals surface area contributed by atoms with Gasteiger partial charge in [-0.3, -0.25) is 14.0 Å². The van der Waals surface area contributed by atoms with Crippen LogP contribution in [0, 0.1) is 6.92 Å². The summed E-state index contributed by atoms with van der Waals surface area (Å²) >= 11 is 1.41. The number of aryl methyl sites for hydroxylation is 1. The number of hydrogen-bond donors (Lipinski definition) is 3. The lowest BCUT2D eigenvalue weighted by molar-refractivity contribution is -0.108. The first-order valence-electron chi connectivity index (χ1n) is 13.6. The molecule has 0 radical (unpaired) electrons. The van der Waals surface area contributed by atoms with Crippen molar-refractivity contribution >= 4 is 34.3 Å². The molecule has 0 fully saturated rings. The van der Waals surface area contributed by atoms with Gasteiger partial charge in [0.1, 0.15) is 11.3 Å². The molecule has 4 aromatic heterocycles. The molecule has 0 spiro atoms. The summed E-state index contributed by atoms with van der Waals surface area (Å²) in [5.74, 6) is 0.0892. The molecule has 0 amide bonds. The van der Waals surface area contributed by atoms with Crippen LogP contribution in [-0.2, 0) is 22.6 Å². The topological polar surface area (TPSA) is 155 Å². The minimum atomic E-state index is -0.576. The molecule has 0 saturated carbocycles. The second-order valence-electron chi connectivity index (χ2n) is 9.51. The van der Waals surface area contributed by atoms with Crippen molar-refractivity contribution < 1.29 is 13.9 Å². The zero-order chi connectivity index (χ0) is 30.6. The Kier molecular flexibility index (Phi) is 12.1. The van der Waals surface area contributed by atoms with Crippen LogP contribution in [0.3, 0.4) is 0 Å². The molecule has 0 atom stereocenters. The lowest BCUT2D eigenvalue weighted by atomic mass is 10.3. The van der Waals surface area contributed by atoms with Gasteiger partial charge in [0.2, 0.25) is 0 Å². The van der Waals surface area contributed by atoms with Gasteiger partial charge in [0.15, 0.2) is 17.3 Å². The molecule has 0 aromatic carbocycles. The summed E-state index contributed by atoms with van der Waals surface area (Å²) in [4.78, 5) is 22.4. The van der Waals surface area contributed by atoms with Crippen LogP contribution in [0.25, 0.3) is 16.9 Å². The number of carbonyl (C=O) groups excluding carboxylic acids is 1. The Morgan fingerprint density at radius 2 is 2.10 bits per heavy atom. The number of ether oxygens (including phenoxy) is 1. The van der Waals surface area contributed by atoms with Gasteiger partial charge >= 0.3 is 0 Å². The van der Waals surface area contributed by atoms with Gasteiger partial charge in [-0.1, -0.05) is 6.08 Å². The van der Waals surface area contributed by atoms with Crippen LogP contribution < -0.4 is 16.8 Å². The second kappa shape index (κ2) is 15.7. The first-order chi connectivity index (χ1) is 20.2. The molecule has 0 saturated heterocycles. The fraction of sp³-hybridized carbons (Fsp3) is 0.393. The molecule has 226 valence electrons. The third-order valence-electron chi connectivity index (χ3n) is 6.16. The molecular formula is C28H39FN10O2S. The molecule has 4 aromatic rings. The molecule has 42 heavy (non-hydrogen) atoms. The maximum atomic E-state index is 12.1. The summed E-state index contributed by atoms with van der Waals surface area (Å²) in [6.45, 7) is 13.3. The highest BCUT2D eigenvalue weighted by molar-refractivity contribution is 7.10. The Balaban J connectivity index is 0.000000531. The van der Waals surface area contributed by atoms with Gasteiger partial charge in [0.25, 0.3) is 0 Å². The van der Waals surface area contributed by atoms with E-state index in [0.717, 1.165) is 59.8 Å². The number of nitrogens with zero attached hydrogens (tertiary/aromatic N) is 7. The zero-order valence-electron chi connectivity index (χ0n) is 24.6. The van der Waals surface area contributed by atoms with Crippen molar-refractivity contribution in [3.8, 4) is 11.3 Å². The van der Waals surface area contributed by atoms with Crippen LogP contribution in [0.2, 0.25) is 0 Å². The number of anilines is 2. The number of imidazole rings is 1. The van der Waals surface area contributed by atoms with Crippen LogP contribution in [0.5, 0.6) is 0 Å². The smallest absolute Gasteiger partial charge is 0.180 e. The van der Waals surface area contributed by atoms with Crippen LogP contribution >= 0.6 is 11.5 Å². The van der Waals surface area contributed by atoms with Gasteiger partial charge in [-0.2, -0.15) is 9.47 Å². The number of allylic oxidation sites excluding steroid dienone is 2. The first-order valence-corrected chi connectivity index (χ1v) is 14.3. The quantitative estimate of drug-likeness (QED) is 0.116. The average molecular weight is 599 g/mol. The van der Waals surface area contributed by atoms with Gasteiger partial charge in [-0.15, -0.1) is 0 Å². The Morgan fingerprint density at radius 1 is 1.31 bits per heavy atom. The molecule has 0 aliphatic carbocycles. The van der Waals surface area contributed by atoms with E-state index in [9.17, 15) is 9.18 Å². The average Bonchev–Trinajstić information content (AvgIpc) is 3.72. The van der Waals surface area contributed by atoms with Crippen LogP contribution in [0.4, 0.5) is 15.2 Å².